The van der Waals surface area contributed by atoms with Crippen molar-refractivity contribution in [2.45, 2.75) is 12.3 Å². The van der Waals surface area contributed by atoms with Crippen molar-refractivity contribution in [1.29, 1.82) is 0 Å². The fraction of sp³-hybridized carbons (Fsp3) is 0.143. The van der Waals surface area contributed by atoms with Crippen molar-refractivity contribution in [3.8, 4) is 0 Å². The summed E-state index contributed by atoms with van der Waals surface area (Å²) in [6.45, 7) is 1.97. The molecule has 1 atom stereocenters. The van der Waals surface area contributed by atoms with Gasteiger partial charge in [-0.3, -0.25) is 0 Å². The molecule has 0 heterocycles. The molecule has 3 heteroatoms. The van der Waals surface area contributed by atoms with E-state index in [0.29, 0.717) is 5.02 Å². The van der Waals surface area contributed by atoms with Gasteiger partial charge >= 0.3 is 0 Å². The maximum Gasteiger partial charge on any atom is 0.0835 e. The van der Waals surface area contributed by atoms with E-state index in [1.54, 1.807) is 0 Å². The predicted octanol–water partition coefficient (Wildman–Crippen LogP) is 5.63. The summed E-state index contributed by atoms with van der Waals surface area (Å²) < 4.78 is 0. The van der Waals surface area contributed by atoms with Gasteiger partial charge < -0.3 is 0 Å². The van der Waals surface area contributed by atoms with Crippen molar-refractivity contribution in [2.24, 2.45) is 0 Å². The van der Waals surface area contributed by atoms with E-state index in [2.05, 4.69) is 0 Å². The fourth-order valence-corrected chi connectivity index (χ4v) is 2.17. The molecule has 2 rings (SSSR count). The van der Waals surface area contributed by atoms with Crippen LogP contribution in [-0.2, 0) is 0 Å². The minimum absolute atomic E-state index is 0.178. The monoisotopic (exact) mass is 284 g/mol. The van der Waals surface area contributed by atoms with E-state index in [-0.39, 0.29) is 5.38 Å². The Morgan fingerprint density at radius 2 is 1.47 bits per heavy atom. The summed E-state index contributed by atoms with van der Waals surface area (Å²) in [5.74, 6) is 0. The maximum atomic E-state index is 6.42. The highest BCUT2D eigenvalue weighted by molar-refractivity contribution is 6.31. The lowest BCUT2D eigenvalue weighted by molar-refractivity contribution is 1.13. The first kappa shape index (κ1) is 12.8. The first-order valence-electron chi connectivity index (χ1n) is 5.23. The number of hydrogen-bond acceptors (Lipinski definition) is 0. The standard InChI is InChI=1S/C14H11Cl3/c1-9-8-11(4-7-13(9)16)14(17)10-2-5-12(15)6-3-10/h2-8,14H,1H3. The highest BCUT2D eigenvalue weighted by atomic mass is 35.5. The van der Waals surface area contributed by atoms with Crippen LogP contribution < -0.4 is 0 Å². The van der Waals surface area contributed by atoms with Crippen LogP contribution in [0.15, 0.2) is 42.5 Å². The van der Waals surface area contributed by atoms with Crippen molar-refractivity contribution in [2.75, 3.05) is 0 Å². The van der Waals surface area contributed by atoms with Gasteiger partial charge in [-0.1, -0.05) is 47.5 Å². The number of halogens is 3. The van der Waals surface area contributed by atoms with Gasteiger partial charge in [-0.25, -0.2) is 0 Å². The van der Waals surface area contributed by atoms with Crippen molar-refractivity contribution in [3.05, 3.63) is 69.2 Å². The molecule has 0 amide bonds. The van der Waals surface area contributed by atoms with Crippen molar-refractivity contribution < 1.29 is 0 Å². The summed E-state index contributed by atoms with van der Waals surface area (Å²) >= 11 is 18.3. The molecule has 0 fully saturated rings. The smallest absolute Gasteiger partial charge is 0.0835 e. The van der Waals surface area contributed by atoms with Crippen molar-refractivity contribution in [3.63, 3.8) is 0 Å². The van der Waals surface area contributed by atoms with Gasteiger partial charge in [0.2, 0.25) is 0 Å². The molecule has 17 heavy (non-hydrogen) atoms. The summed E-state index contributed by atoms with van der Waals surface area (Å²) in [7, 11) is 0. The van der Waals surface area contributed by atoms with Crippen LogP contribution >= 0.6 is 34.8 Å². The van der Waals surface area contributed by atoms with Crippen LogP contribution in [0.4, 0.5) is 0 Å². The molecule has 2 aromatic rings. The molecule has 0 nitrogen and oxygen atoms in total. The van der Waals surface area contributed by atoms with Crippen molar-refractivity contribution in [1.82, 2.24) is 0 Å². The number of alkyl halides is 1. The highest BCUT2D eigenvalue weighted by Crippen LogP contribution is 2.31. The molecule has 0 saturated carbocycles. The Labute approximate surface area is 116 Å². The number of rotatable bonds is 2. The zero-order chi connectivity index (χ0) is 12.4. The van der Waals surface area contributed by atoms with E-state index in [0.717, 1.165) is 21.7 Å². The molecular weight excluding hydrogens is 275 g/mol. The number of aryl methyl sites for hydroxylation is 1. The second kappa shape index (κ2) is 5.30. The first-order chi connectivity index (χ1) is 8.08. The van der Waals surface area contributed by atoms with Gasteiger partial charge in [0, 0.05) is 10.0 Å². The topological polar surface area (TPSA) is 0 Å². The third-order valence-electron chi connectivity index (χ3n) is 2.64. The molecular formula is C14H11Cl3. The maximum absolute atomic E-state index is 6.42. The predicted molar refractivity (Wildman–Crippen MR) is 75.3 cm³/mol. The lowest BCUT2D eigenvalue weighted by Crippen LogP contribution is -1.93. The lowest BCUT2D eigenvalue weighted by atomic mass is 10.0. The van der Waals surface area contributed by atoms with Gasteiger partial charge in [-0.15, -0.1) is 11.6 Å². The van der Waals surface area contributed by atoms with E-state index in [1.165, 1.54) is 0 Å². The second-order valence-electron chi connectivity index (χ2n) is 3.92. The Hall–Kier alpha value is -0.690. The van der Waals surface area contributed by atoms with Gasteiger partial charge in [0.05, 0.1) is 5.38 Å². The zero-order valence-electron chi connectivity index (χ0n) is 9.25. The van der Waals surface area contributed by atoms with Gasteiger partial charge in [-0.2, -0.15) is 0 Å². The zero-order valence-corrected chi connectivity index (χ0v) is 11.5. The Morgan fingerprint density at radius 1 is 0.882 bits per heavy atom. The van der Waals surface area contributed by atoms with E-state index < -0.39 is 0 Å². The Bertz CT molecular complexity index is 517. The average Bonchev–Trinajstić information content (AvgIpc) is 2.33. The first-order valence-corrected chi connectivity index (χ1v) is 6.43. The largest absolute Gasteiger partial charge is 0.113 e. The average molecular weight is 286 g/mol. The SMILES string of the molecule is Cc1cc(C(Cl)c2ccc(Cl)cc2)ccc1Cl. The number of benzene rings is 2. The quantitative estimate of drug-likeness (QED) is 0.627. The van der Waals surface area contributed by atoms with Gasteiger partial charge in [0.25, 0.3) is 0 Å². The Balaban J connectivity index is 2.33. The summed E-state index contributed by atoms with van der Waals surface area (Å²) in [4.78, 5) is 0. The molecule has 0 N–H and O–H groups in total. The molecule has 0 aliphatic carbocycles. The van der Waals surface area contributed by atoms with E-state index in [9.17, 15) is 0 Å². The Kier molecular flexibility index (Phi) is 3.98. The third kappa shape index (κ3) is 2.95. The fourth-order valence-electron chi connectivity index (χ4n) is 1.65. The summed E-state index contributed by atoms with van der Waals surface area (Å²) in [5.41, 5.74) is 3.09. The minimum Gasteiger partial charge on any atom is -0.113 e. The van der Waals surface area contributed by atoms with Crippen LogP contribution in [0.5, 0.6) is 0 Å². The summed E-state index contributed by atoms with van der Waals surface area (Å²) in [5, 5.41) is 1.29. The van der Waals surface area contributed by atoms with Crippen LogP contribution in [0.2, 0.25) is 10.0 Å². The van der Waals surface area contributed by atoms with Crippen LogP contribution in [0.1, 0.15) is 22.1 Å². The minimum atomic E-state index is -0.178. The van der Waals surface area contributed by atoms with Gasteiger partial charge in [0.1, 0.15) is 0 Å². The van der Waals surface area contributed by atoms with Crippen molar-refractivity contribution >= 4 is 34.8 Å². The third-order valence-corrected chi connectivity index (χ3v) is 3.82. The van der Waals surface area contributed by atoms with E-state index in [4.69, 9.17) is 34.8 Å². The van der Waals surface area contributed by atoms with Crippen LogP contribution in [0.25, 0.3) is 0 Å². The van der Waals surface area contributed by atoms with Crippen LogP contribution in [0, 0.1) is 6.92 Å². The molecule has 0 aliphatic rings. The molecule has 88 valence electrons. The molecule has 0 aromatic heterocycles. The molecule has 1 unspecified atom stereocenters. The lowest BCUT2D eigenvalue weighted by Gasteiger charge is -2.11. The van der Waals surface area contributed by atoms with E-state index >= 15 is 0 Å². The molecule has 0 spiro atoms. The molecule has 2 aromatic carbocycles. The van der Waals surface area contributed by atoms with Crippen LogP contribution in [0.3, 0.4) is 0 Å². The number of hydrogen-bond donors (Lipinski definition) is 0. The summed E-state index contributed by atoms with van der Waals surface area (Å²) in [6, 6.07) is 13.4. The Morgan fingerprint density at radius 3 is 2.06 bits per heavy atom. The summed E-state index contributed by atoms with van der Waals surface area (Å²) in [6.07, 6.45) is 0. The van der Waals surface area contributed by atoms with Gasteiger partial charge in [-0.05, 0) is 41.8 Å². The molecule has 0 bridgehead atoms. The normalized spacial score (nSPS) is 12.5. The van der Waals surface area contributed by atoms with E-state index in [1.807, 2.05) is 49.4 Å². The van der Waals surface area contributed by atoms with Gasteiger partial charge in [0.15, 0.2) is 0 Å². The highest BCUT2D eigenvalue weighted by Gasteiger charge is 2.11. The van der Waals surface area contributed by atoms with Crippen LogP contribution in [-0.4, -0.2) is 0 Å². The molecule has 0 radical (unpaired) electrons. The second-order valence-corrected chi connectivity index (χ2v) is 5.20. The molecule has 0 saturated heterocycles. The molecule has 0 aliphatic heterocycles.